The van der Waals surface area contributed by atoms with Crippen LogP contribution in [0.4, 0.5) is 0 Å². The molecule has 0 radical (unpaired) electrons. The summed E-state index contributed by atoms with van der Waals surface area (Å²) in [6.45, 7) is -0.614. The first-order valence-corrected chi connectivity index (χ1v) is 4.85. The molecule has 0 aliphatic heterocycles. The van der Waals surface area contributed by atoms with E-state index in [9.17, 15) is 14.7 Å². The molecule has 0 aromatic carbocycles. The highest BCUT2D eigenvalue weighted by Crippen LogP contribution is 2.08. The fraction of sp³-hybridized carbons (Fsp3) is 0.778. The predicted octanol–water partition coefficient (Wildman–Crippen LogP) is -2.88. The zero-order chi connectivity index (χ0) is 13.6. The van der Waals surface area contributed by atoms with E-state index in [0.717, 1.165) is 6.92 Å². The molecule has 4 atom stereocenters. The van der Waals surface area contributed by atoms with Crippen molar-refractivity contribution < 1.29 is 39.9 Å². The second kappa shape index (κ2) is 7.30. The van der Waals surface area contributed by atoms with Crippen LogP contribution in [0.15, 0.2) is 0 Å². The van der Waals surface area contributed by atoms with E-state index in [1.54, 1.807) is 0 Å². The fourth-order valence-electron chi connectivity index (χ4n) is 1.00. The van der Waals surface area contributed by atoms with Crippen molar-refractivity contribution in [1.82, 2.24) is 0 Å². The molecule has 0 saturated carbocycles. The third-order valence-electron chi connectivity index (χ3n) is 2.02. The summed E-state index contributed by atoms with van der Waals surface area (Å²) in [5.41, 5.74) is 0. The number of carboxylic acid groups (broad SMARTS) is 1. The van der Waals surface area contributed by atoms with Crippen molar-refractivity contribution in [3.05, 3.63) is 0 Å². The molecule has 0 fully saturated rings. The Morgan fingerprint density at radius 2 is 1.71 bits per heavy atom. The second-order valence-electron chi connectivity index (χ2n) is 3.39. The maximum Gasteiger partial charge on any atom is 0.332 e. The fourth-order valence-corrected chi connectivity index (χ4v) is 1.00. The molecular formula is C9H16O8. The Morgan fingerprint density at radius 3 is 2.06 bits per heavy atom. The summed E-state index contributed by atoms with van der Waals surface area (Å²) in [7, 11) is 0. The lowest BCUT2D eigenvalue weighted by Gasteiger charge is -2.24. The highest BCUT2D eigenvalue weighted by atomic mass is 16.5. The van der Waals surface area contributed by atoms with Crippen molar-refractivity contribution in [2.75, 3.05) is 13.2 Å². The lowest BCUT2D eigenvalue weighted by molar-refractivity contribution is -0.168. The van der Waals surface area contributed by atoms with Crippen molar-refractivity contribution in [2.24, 2.45) is 0 Å². The largest absolute Gasteiger partial charge is 0.479 e. The Kier molecular flexibility index (Phi) is 6.85. The molecule has 0 aliphatic rings. The standard InChI is InChI=1S/C9H16O8/c1-4(9(15)16)17-8(6(13)3-11)7(14)5(12)2-10/h4-6,8,10-13H,2-3H2,1H3,(H,15,16)/t4?,5-,6+,8-/m0/s1. The molecular weight excluding hydrogens is 236 g/mol. The highest BCUT2D eigenvalue weighted by Gasteiger charge is 2.34. The minimum atomic E-state index is -1.80. The van der Waals surface area contributed by atoms with E-state index in [1.165, 1.54) is 0 Å². The molecule has 0 spiro atoms. The Bertz CT molecular complexity index is 266. The number of hydrogen-bond donors (Lipinski definition) is 5. The number of Topliss-reactive ketones (excluding diaryl/α,β-unsaturated/α-hetero) is 1. The van der Waals surface area contributed by atoms with Crippen LogP contribution in [0.25, 0.3) is 0 Å². The van der Waals surface area contributed by atoms with Gasteiger partial charge in [-0.3, -0.25) is 4.79 Å². The summed E-state index contributed by atoms with van der Waals surface area (Å²) < 4.78 is 4.72. The normalized spacial score (nSPS) is 18.2. The number of ether oxygens (including phenoxy) is 1. The van der Waals surface area contributed by atoms with Crippen LogP contribution in [0.2, 0.25) is 0 Å². The molecule has 0 amide bonds. The van der Waals surface area contributed by atoms with Crippen molar-refractivity contribution >= 4 is 11.8 Å². The summed E-state index contributed by atoms with van der Waals surface area (Å²) in [5, 5.41) is 44.2. The minimum absolute atomic E-state index is 0.846. The molecule has 0 aromatic rings. The zero-order valence-electron chi connectivity index (χ0n) is 9.18. The van der Waals surface area contributed by atoms with Gasteiger partial charge in [0, 0.05) is 0 Å². The van der Waals surface area contributed by atoms with Gasteiger partial charge in [0.25, 0.3) is 0 Å². The number of carboxylic acids is 1. The number of carbonyl (C=O) groups is 2. The van der Waals surface area contributed by atoms with Crippen LogP contribution < -0.4 is 0 Å². The topological polar surface area (TPSA) is 145 Å². The SMILES string of the molecule is CC(O[C@H](C(=O)[C@@H](O)CO)[C@H](O)CO)C(=O)O. The summed E-state index contributed by atoms with van der Waals surface area (Å²) in [4.78, 5) is 21.9. The van der Waals surface area contributed by atoms with Crippen LogP contribution in [-0.2, 0) is 14.3 Å². The molecule has 0 rings (SSSR count). The van der Waals surface area contributed by atoms with Crippen molar-refractivity contribution in [3.8, 4) is 0 Å². The van der Waals surface area contributed by atoms with Gasteiger partial charge in [-0.15, -0.1) is 0 Å². The number of aliphatic hydroxyl groups is 4. The van der Waals surface area contributed by atoms with E-state index in [-0.39, 0.29) is 0 Å². The van der Waals surface area contributed by atoms with Gasteiger partial charge in [0.1, 0.15) is 18.3 Å². The third kappa shape index (κ3) is 4.75. The first-order valence-electron chi connectivity index (χ1n) is 4.85. The van der Waals surface area contributed by atoms with Crippen LogP contribution in [-0.4, -0.2) is 74.9 Å². The van der Waals surface area contributed by atoms with E-state index >= 15 is 0 Å². The van der Waals surface area contributed by atoms with Crippen molar-refractivity contribution in [2.45, 2.75) is 31.3 Å². The smallest absolute Gasteiger partial charge is 0.332 e. The van der Waals surface area contributed by atoms with Crippen LogP contribution in [0.3, 0.4) is 0 Å². The Balaban J connectivity index is 4.76. The molecule has 8 heteroatoms. The van der Waals surface area contributed by atoms with Gasteiger partial charge in [-0.2, -0.15) is 0 Å². The molecule has 0 bridgehead atoms. The zero-order valence-corrected chi connectivity index (χ0v) is 9.18. The van der Waals surface area contributed by atoms with E-state index in [1.807, 2.05) is 0 Å². The maximum absolute atomic E-state index is 11.4. The molecule has 17 heavy (non-hydrogen) atoms. The van der Waals surface area contributed by atoms with Gasteiger partial charge in [-0.1, -0.05) is 0 Å². The summed E-state index contributed by atoms with van der Waals surface area (Å²) in [6.07, 6.45) is -6.60. The first kappa shape index (κ1) is 15.9. The summed E-state index contributed by atoms with van der Waals surface area (Å²) >= 11 is 0. The van der Waals surface area contributed by atoms with Crippen molar-refractivity contribution in [3.63, 3.8) is 0 Å². The molecule has 0 aliphatic carbocycles. The van der Waals surface area contributed by atoms with E-state index < -0.39 is 49.4 Å². The molecule has 8 nitrogen and oxygen atoms in total. The Hall–Kier alpha value is -1.06. The monoisotopic (exact) mass is 252 g/mol. The van der Waals surface area contributed by atoms with E-state index in [0.29, 0.717) is 0 Å². The number of aliphatic hydroxyl groups excluding tert-OH is 4. The molecule has 0 heterocycles. The average molecular weight is 252 g/mol. The Labute approximate surface area is 97.1 Å². The molecule has 0 aromatic heterocycles. The second-order valence-corrected chi connectivity index (χ2v) is 3.39. The average Bonchev–Trinajstić information content (AvgIpc) is 2.32. The van der Waals surface area contributed by atoms with E-state index in [4.69, 9.17) is 25.2 Å². The summed E-state index contributed by atoms with van der Waals surface area (Å²) in [6, 6.07) is 0. The van der Waals surface area contributed by atoms with Gasteiger partial charge in [0.2, 0.25) is 0 Å². The number of carbonyl (C=O) groups excluding carboxylic acids is 1. The lowest BCUT2D eigenvalue weighted by Crippen LogP contribution is -2.47. The van der Waals surface area contributed by atoms with Gasteiger partial charge < -0.3 is 30.3 Å². The van der Waals surface area contributed by atoms with Crippen LogP contribution in [0, 0.1) is 0 Å². The van der Waals surface area contributed by atoms with Gasteiger partial charge in [-0.25, -0.2) is 4.79 Å². The maximum atomic E-state index is 11.4. The molecule has 5 N–H and O–H groups in total. The molecule has 0 saturated heterocycles. The molecule has 100 valence electrons. The predicted molar refractivity (Wildman–Crippen MR) is 53.2 cm³/mol. The van der Waals surface area contributed by atoms with Gasteiger partial charge >= 0.3 is 5.97 Å². The first-order chi connectivity index (χ1) is 7.84. The third-order valence-corrected chi connectivity index (χ3v) is 2.02. The van der Waals surface area contributed by atoms with Crippen LogP contribution in [0.1, 0.15) is 6.92 Å². The van der Waals surface area contributed by atoms with Crippen LogP contribution >= 0.6 is 0 Å². The number of aliphatic carboxylic acids is 1. The van der Waals surface area contributed by atoms with Crippen molar-refractivity contribution in [1.29, 1.82) is 0 Å². The minimum Gasteiger partial charge on any atom is -0.479 e. The number of hydrogen-bond acceptors (Lipinski definition) is 7. The van der Waals surface area contributed by atoms with Gasteiger partial charge in [0.15, 0.2) is 11.9 Å². The van der Waals surface area contributed by atoms with E-state index in [2.05, 4.69) is 0 Å². The van der Waals surface area contributed by atoms with Crippen LogP contribution in [0.5, 0.6) is 0 Å². The number of ketones is 1. The lowest BCUT2D eigenvalue weighted by atomic mass is 10.1. The quantitative estimate of drug-likeness (QED) is 0.310. The summed E-state index contributed by atoms with van der Waals surface area (Å²) in [5.74, 6) is -2.46. The van der Waals surface area contributed by atoms with Gasteiger partial charge in [-0.05, 0) is 6.92 Å². The Morgan fingerprint density at radius 1 is 1.18 bits per heavy atom. The highest BCUT2D eigenvalue weighted by molar-refractivity contribution is 5.88. The molecule has 1 unspecified atom stereocenters. The number of rotatable bonds is 8. The van der Waals surface area contributed by atoms with Gasteiger partial charge in [0.05, 0.1) is 13.2 Å².